The van der Waals surface area contributed by atoms with Crippen LogP contribution in [0.1, 0.15) is 97.4 Å². The van der Waals surface area contributed by atoms with Crippen molar-refractivity contribution in [1.29, 1.82) is 0 Å². The Morgan fingerprint density at radius 1 is 0.889 bits per heavy atom. The molecule has 1 saturated carbocycles. The van der Waals surface area contributed by atoms with E-state index in [1.807, 2.05) is 75.4 Å². The zero-order valence-corrected chi connectivity index (χ0v) is 28.3. The standard InChI is InChI=1S/C36H51N3O6/c1-10-24(3)29(38-34(43)45-36(7,8)9)32(41)39(27-19-20-27)30(26-18-14-15-23(2)21-26)31(40)37-28(33(42)44-35(4,5)6)22-25-16-12-11-13-17-25/h11-18,21,24,27-30H,10,19-20,22H2,1-9H3,(H,37,40)(H,38,43). The maximum atomic E-state index is 14.5. The average molecular weight is 622 g/mol. The number of hydrogen-bond donors (Lipinski definition) is 2. The van der Waals surface area contributed by atoms with Gasteiger partial charge in [0, 0.05) is 12.5 Å². The second-order valence-corrected chi connectivity index (χ2v) is 14.1. The molecule has 0 spiro atoms. The highest BCUT2D eigenvalue weighted by Crippen LogP contribution is 2.37. The molecule has 4 unspecified atom stereocenters. The molecule has 246 valence electrons. The van der Waals surface area contributed by atoms with E-state index in [9.17, 15) is 19.2 Å². The molecular formula is C36H51N3O6. The van der Waals surface area contributed by atoms with Gasteiger partial charge in [0.2, 0.25) is 11.8 Å². The van der Waals surface area contributed by atoms with Gasteiger partial charge in [-0.1, -0.05) is 80.4 Å². The maximum absolute atomic E-state index is 14.5. The average Bonchev–Trinajstić information content (AvgIpc) is 3.77. The van der Waals surface area contributed by atoms with Gasteiger partial charge in [-0.2, -0.15) is 0 Å². The van der Waals surface area contributed by atoms with Gasteiger partial charge in [-0.15, -0.1) is 0 Å². The van der Waals surface area contributed by atoms with Crippen molar-refractivity contribution in [2.45, 2.75) is 123 Å². The summed E-state index contributed by atoms with van der Waals surface area (Å²) in [4.78, 5) is 56.9. The number of nitrogens with one attached hydrogen (secondary N) is 2. The highest BCUT2D eigenvalue weighted by atomic mass is 16.6. The molecule has 45 heavy (non-hydrogen) atoms. The Balaban J connectivity index is 2.04. The van der Waals surface area contributed by atoms with E-state index in [-0.39, 0.29) is 24.3 Å². The molecule has 2 aromatic carbocycles. The second kappa shape index (κ2) is 14.9. The van der Waals surface area contributed by atoms with Gasteiger partial charge in [0.1, 0.15) is 29.3 Å². The van der Waals surface area contributed by atoms with Crippen LogP contribution in [0.15, 0.2) is 54.6 Å². The zero-order chi connectivity index (χ0) is 33.5. The van der Waals surface area contributed by atoms with Crippen LogP contribution in [0.3, 0.4) is 0 Å². The first-order valence-electron chi connectivity index (χ1n) is 15.9. The minimum absolute atomic E-state index is 0.199. The fourth-order valence-electron chi connectivity index (χ4n) is 5.09. The number of carbonyl (C=O) groups excluding carboxylic acids is 4. The fourth-order valence-corrected chi connectivity index (χ4v) is 5.09. The molecule has 0 saturated heterocycles. The van der Waals surface area contributed by atoms with E-state index < -0.39 is 47.3 Å². The van der Waals surface area contributed by atoms with E-state index >= 15 is 0 Å². The lowest BCUT2D eigenvalue weighted by molar-refractivity contribution is -0.159. The number of nitrogens with zero attached hydrogens (tertiary/aromatic N) is 1. The van der Waals surface area contributed by atoms with Crippen LogP contribution in [-0.4, -0.2) is 58.1 Å². The lowest BCUT2D eigenvalue weighted by Gasteiger charge is -2.37. The van der Waals surface area contributed by atoms with Crippen molar-refractivity contribution < 1.29 is 28.7 Å². The molecule has 0 heterocycles. The summed E-state index contributed by atoms with van der Waals surface area (Å²) in [6, 6.07) is 13.7. The minimum Gasteiger partial charge on any atom is -0.458 e. The Hall–Kier alpha value is -3.88. The van der Waals surface area contributed by atoms with Crippen LogP contribution in [0.2, 0.25) is 0 Å². The third kappa shape index (κ3) is 10.9. The summed E-state index contributed by atoms with van der Waals surface area (Å²) in [6.07, 6.45) is 1.58. The van der Waals surface area contributed by atoms with E-state index in [4.69, 9.17) is 9.47 Å². The molecule has 3 amide bonds. The minimum atomic E-state index is -1.04. The van der Waals surface area contributed by atoms with Gasteiger partial charge in [0.25, 0.3) is 0 Å². The third-order valence-electron chi connectivity index (χ3n) is 7.52. The number of amides is 3. The van der Waals surface area contributed by atoms with Gasteiger partial charge in [0.05, 0.1) is 0 Å². The van der Waals surface area contributed by atoms with Gasteiger partial charge in [-0.05, 0) is 78.4 Å². The molecule has 1 fully saturated rings. The van der Waals surface area contributed by atoms with Crippen LogP contribution in [-0.2, 0) is 30.3 Å². The molecule has 1 aliphatic rings. The van der Waals surface area contributed by atoms with Crippen LogP contribution in [0, 0.1) is 12.8 Å². The van der Waals surface area contributed by atoms with Crippen LogP contribution < -0.4 is 10.6 Å². The molecule has 9 nitrogen and oxygen atoms in total. The van der Waals surface area contributed by atoms with Gasteiger partial charge >= 0.3 is 12.1 Å². The van der Waals surface area contributed by atoms with Crippen LogP contribution in [0.4, 0.5) is 4.79 Å². The number of ether oxygens (including phenoxy) is 2. The van der Waals surface area contributed by atoms with Crippen LogP contribution >= 0.6 is 0 Å². The summed E-state index contributed by atoms with van der Waals surface area (Å²) in [7, 11) is 0. The molecule has 0 aliphatic heterocycles. The molecule has 2 N–H and O–H groups in total. The molecule has 9 heteroatoms. The molecule has 4 atom stereocenters. The monoisotopic (exact) mass is 621 g/mol. The SMILES string of the molecule is CCC(C)C(NC(=O)OC(C)(C)C)C(=O)N(C1CC1)C(C(=O)NC(Cc1ccccc1)C(=O)OC(C)(C)C)c1cccc(C)c1. The number of alkyl carbamates (subject to hydrolysis) is 1. The Morgan fingerprint density at radius 3 is 2.04 bits per heavy atom. The Labute approximate surface area is 268 Å². The number of aryl methyl sites for hydroxylation is 1. The third-order valence-corrected chi connectivity index (χ3v) is 7.52. The van der Waals surface area contributed by atoms with Gasteiger partial charge < -0.3 is 25.0 Å². The van der Waals surface area contributed by atoms with E-state index in [1.165, 1.54) is 0 Å². The summed E-state index contributed by atoms with van der Waals surface area (Å²) in [5.74, 6) is -1.65. The smallest absolute Gasteiger partial charge is 0.408 e. The molecule has 0 aromatic heterocycles. The number of carbonyl (C=O) groups is 4. The summed E-state index contributed by atoms with van der Waals surface area (Å²) in [5.41, 5.74) is 0.888. The summed E-state index contributed by atoms with van der Waals surface area (Å²) in [6.45, 7) is 16.4. The van der Waals surface area contributed by atoms with Gasteiger partial charge in [-0.25, -0.2) is 9.59 Å². The van der Waals surface area contributed by atoms with Crippen molar-refractivity contribution in [1.82, 2.24) is 15.5 Å². The largest absolute Gasteiger partial charge is 0.458 e. The van der Waals surface area contributed by atoms with E-state index in [2.05, 4.69) is 10.6 Å². The lowest BCUT2D eigenvalue weighted by atomic mass is 9.95. The summed E-state index contributed by atoms with van der Waals surface area (Å²) < 4.78 is 11.2. The zero-order valence-electron chi connectivity index (χ0n) is 28.3. The molecule has 3 rings (SSSR count). The molecule has 0 bridgehead atoms. The molecular weight excluding hydrogens is 570 g/mol. The number of esters is 1. The highest BCUT2D eigenvalue weighted by molar-refractivity contribution is 5.94. The van der Waals surface area contributed by atoms with Crippen LogP contribution in [0.25, 0.3) is 0 Å². The lowest BCUT2D eigenvalue weighted by Crippen LogP contribution is -2.57. The Morgan fingerprint density at radius 2 is 1.51 bits per heavy atom. The van der Waals surface area contributed by atoms with Crippen LogP contribution in [0.5, 0.6) is 0 Å². The van der Waals surface area contributed by atoms with Gasteiger partial charge in [0.15, 0.2) is 0 Å². The topological polar surface area (TPSA) is 114 Å². The predicted octanol–water partition coefficient (Wildman–Crippen LogP) is 6.04. The van der Waals surface area contributed by atoms with E-state index in [0.29, 0.717) is 12.0 Å². The van der Waals surface area contributed by atoms with Crippen molar-refractivity contribution in [3.8, 4) is 0 Å². The van der Waals surface area contributed by atoms with Crippen molar-refractivity contribution in [2.75, 3.05) is 0 Å². The molecule has 0 radical (unpaired) electrons. The quantitative estimate of drug-likeness (QED) is 0.280. The first-order valence-corrected chi connectivity index (χ1v) is 15.9. The van der Waals surface area contributed by atoms with Crippen molar-refractivity contribution >= 4 is 23.9 Å². The van der Waals surface area contributed by atoms with E-state index in [1.54, 1.807) is 46.4 Å². The second-order valence-electron chi connectivity index (χ2n) is 14.1. The molecule has 2 aromatic rings. The van der Waals surface area contributed by atoms with Gasteiger partial charge in [-0.3, -0.25) is 9.59 Å². The van der Waals surface area contributed by atoms with Crippen molar-refractivity contribution in [3.63, 3.8) is 0 Å². The number of rotatable bonds is 12. The number of hydrogen-bond acceptors (Lipinski definition) is 6. The summed E-state index contributed by atoms with van der Waals surface area (Å²) in [5, 5.41) is 5.76. The summed E-state index contributed by atoms with van der Waals surface area (Å²) >= 11 is 0. The highest BCUT2D eigenvalue weighted by Gasteiger charge is 2.45. The van der Waals surface area contributed by atoms with Crippen molar-refractivity contribution in [2.24, 2.45) is 5.92 Å². The molecule has 1 aliphatic carbocycles. The number of benzene rings is 2. The van der Waals surface area contributed by atoms with Crippen molar-refractivity contribution in [3.05, 3.63) is 71.3 Å². The maximum Gasteiger partial charge on any atom is 0.408 e. The predicted molar refractivity (Wildman–Crippen MR) is 174 cm³/mol. The first kappa shape index (κ1) is 35.6. The Kier molecular flexibility index (Phi) is 11.8. The Bertz CT molecular complexity index is 1330. The fraction of sp³-hybridized carbons (Fsp3) is 0.556. The van der Waals surface area contributed by atoms with E-state index in [0.717, 1.165) is 24.0 Å². The first-order chi connectivity index (χ1) is 21.0. The normalized spacial score (nSPS) is 16.0.